The van der Waals surface area contributed by atoms with Crippen LogP contribution in [-0.2, 0) is 4.79 Å². The summed E-state index contributed by atoms with van der Waals surface area (Å²) < 4.78 is 0. The first-order valence-corrected chi connectivity index (χ1v) is 6.96. The van der Waals surface area contributed by atoms with Crippen LogP contribution in [0.1, 0.15) is 32.6 Å². The Hall–Kier alpha value is -1.84. The standard InChI is InChI=1S/C15H21N3O/c1-2-15(19)18(14-8-4-5-9-16-14)13-12-17-10-6-3-7-11-17/h4-5,8-9,12-13H,2-3,6-7,10-11H2,1H3/b13-12+. The largest absolute Gasteiger partial charge is 0.376 e. The van der Waals surface area contributed by atoms with Crippen LogP contribution in [0, 0.1) is 0 Å². The van der Waals surface area contributed by atoms with Crippen molar-refractivity contribution in [2.75, 3.05) is 18.0 Å². The molecule has 4 heteroatoms. The molecule has 0 unspecified atom stereocenters. The minimum atomic E-state index is 0.0620. The van der Waals surface area contributed by atoms with Crippen molar-refractivity contribution in [1.29, 1.82) is 0 Å². The molecule has 1 fully saturated rings. The average Bonchev–Trinajstić information content (AvgIpc) is 2.49. The highest BCUT2D eigenvalue weighted by molar-refractivity contribution is 5.93. The zero-order valence-electron chi connectivity index (χ0n) is 11.5. The van der Waals surface area contributed by atoms with E-state index in [1.54, 1.807) is 11.1 Å². The molecule has 0 spiro atoms. The van der Waals surface area contributed by atoms with Gasteiger partial charge in [0, 0.05) is 38.1 Å². The lowest BCUT2D eigenvalue weighted by atomic mass is 10.1. The Morgan fingerprint density at radius 1 is 1.37 bits per heavy atom. The first-order chi connectivity index (χ1) is 9.31. The molecule has 4 nitrogen and oxygen atoms in total. The van der Waals surface area contributed by atoms with E-state index in [1.165, 1.54) is 19.3 Å². The Morgan fingerprint density at radius 2 is 2.16 bits per heavy atom. The Bertz CT molecular complexity index is 424. The molecule has 1 aliphatic rings. The fourth-order valence-electron chi connectivity index (χ4n) is 2.18. The minimum absolute atomic E-state index is 0.0620. The van der Waals surface area contributed by atoms with E-state index in [0.29, 0.717) is 12.2 Å². The van der Waals surface area contributed by atoms with Crippen LogP contribution in [0.5, 0.6) is 0 Å². The third-order valence-corrected chi connectivity index (χ3v) is 3.28. The summed E-state index contributed by atoms with van der Waals surface area (Å²) in [6.45, 7) is 4.02. The molecule has 0 radical (unpaired) electrons. The number of hydrogen-bond donors (Lipinski definition) is 0. The summed E-state index contributed by atoms with van der Waals surface area (Å²) >= 11 is 0. The summed E-state index contributed by atoms with van der Waals surface area (Å²) in [5.41, 5.74) is 0. The molecule has 0 aliphatic carbocycles. The summed E-state index contributed by atoms with van der Waals surface area (Å²) in [7, 11) is 0. The van der Waals surface area contributed by atoms with Crippen molar-refractivity contribution in [2.24, 2.45) is 0 Å². The number of likely N-dealkylation sites (tertiary alicyclic amines) is 1. The first kappa shape index (κ1) is 13.6. The highest BCUT2D eigenvalue weighted by Crippen LogP contribution is 2.13. The van der Waals surface area contributed by atoms with Crippen molar-refractivity contribution in [2.45, 2.75) is 32.6 Å². The Labute approximate surface area is 114 Å². The van der Waals surface area contributed by atoms with Crippen LogP contribution < -0.4 is 4.90 Å². The molecule has 0 aromatic carbocycles. The number of hydrogen-bond acceptors (Lipinski definition) is 3. The van der Waals surface area contributed by atoms with Crippen LogP contribution in [0.15, 0.2) is 36.8 Å². The van der Waals surface area contributed by atoms with Crippen LogP contribution in [0.4, 0.5) is 5.82 Å². The van der Waals surface area contributed by atoms with Gasteiger partial charge in [0.1, 0.15) is 5.82 Å². The highest BCUT2D eigenvalue weighted by Gasteiger charge is 2.13. The summed E-state index contributed by atoms with van der Waals surface area (Å²) in [5.74, 6) is 0.745. The number of piperidine rings is 1. The maximum atomic E-state index is 12.0. The molecule has 2 rings (SSSR count). The molecule has 0 N–H and O–H groups in total. The second-order valence-electron chi connectivity index (χ2n) is 4.70. The van der Waals surface area contributed by atoms with Gasteiger partial charge in [-0.2, -0.15) is 0 Å². The molecule has 1 aliphatic heterocycles. The molecule has 0 bridgehead atoms. The van der Waals surface area contributed by atoms with Gasteiger partial charge in [0.15, 0.2) is 0 Å². The Morgan fingerprint density at radius 3 is 2.79 bits per heavy atom. The third kappa shape index (κ3) is 3.81. The normalized spacial score (nSPS) is 15.7. The van der Waals surface area contributed by atoms with Crippen LogP contribution in [0.3, 0.4) is 0 Å². The number of nitrogens with zero attached hydrogens (tertiary/aromatic N) is 3. The molecule has 1 aromatic heterocycles. The Kier molecular flexibility index (Phi) is 4.95. The van der Waals surface area contributed by atoms with Crippen LogP contribution in [-0.4, -0.2) is 28.9 Å². The predicted octanol–water partition coefficient (Wildman–Crippen LogP) is 2.78. The fourth-order valence-corrected chi connectivity index (χ4v) is 2.18. The van der Waals surface area contributed by atoms with E-state index in [4.69, 9.17) is 0 Å². The SMILES string of the molecule is CCC(=O)N(/C=C/N1CCCCC1)c1ccccn1. The van der Waals surface area contributed by atoms with E-state index in [0.717, 1.165) is 13.1 Å². The zero-order valence-corrected chi connectivity index (χ0v) is 11.5. The summed E-state index contributed by atoms with van der Waals surface area (Å²) in [5, 5.41) is 0. The predicted molar refractivity (Wildman–Crippen MR) is 76.6 cm³/mol. The van der Waals surface area contributed by atoms with Gasteiger partial charge in [0.25, 0.3) is 0 Å². The number of anilines is 1. The average molecular weight is 259 g/mol. The summed E-state index contributed by atoms with van der Waals surface area (Å²) in [6, 6.07) is 5.60. The van der Waals surface area contributed by atoms with Crippen LogP contribution >= 0.6 is 0 Å². The van der Waals surface area contributed by atoms with Gasteiger partial charge < -0.3 is 4.90 Å². The van der Waals surface area contributed by atoms with Gasteiger partial charge in [0.2, 0.25) is 5.91 Å². The molecule has 0 atom stereocenters. The lowest BCUT2D eigenvalue weighted by Crippen LogP contribution is -2.28. The van der Waals surface area contributed by atoms with E-state index in [-0.39, 0.29) is 5.91 Å². The van der Waals surface area contributed by atoms with Crippen molar-refractivity contribution in [1.82, 2.24) is 9.88 Å². The number of aromatic nitrogens is 1. The van der Waals surface area contributed by atoms with Crippen molar-refractivity contribution in [3.8, 4) is 0 Å². The highest BCUT2D eigenvalue weighted by atomic mass is 16.2. The van der Waals surface area contributed by atoms with Gasteiger partial charge in [-0.25, -0.2) is 4.98 Å². The Balaban J connectivity index is 2.10. The molecule has 0 saturated carbocycles. The van der Waals surface area contributed by atoms with Gasteiger partial charge in [-0.1, -0.05) is 13.0 Å². The number of pyridine rings is 1. The number of rotatable bonds is 4. The third-order valence-electron chi connectivity index (χ3n) is 3.28. The van der Waals surface area contributed by atoms with Crippen molar-refractivity contribution in [3.63, 3.8) is 0 Å². The lowest BCUT2D eigenvalue weighted by molar-refractivity contribution is -0.117. The molecule has 19 heavy (non-hydrogen) atoms. The number of carbonyl (C=O) groups excluding carboxylic acids is 1. The summed E-state index contributed by atoms with van der Waals surface area (Å²) in [6.07, 6.45) is 9.81. The minimum Gasteiger partial charge on any atom is -0.376 e. The lowest BCUT2D eigenvalue weighted by Gasteiger charge is -2.26. The number of amides is 1. The quantitative estimate of drug-likeness (QED) is 0.834. The molecule has 102 valence electrons. The first-order valence-electron chi connectivity index (χ1n) is 6.96. The van der Waals surface area contributed by atoms with E-state index in [1.807, 2.05) is 37.5 Å². The smallest absolute Gasteiger partial charge is 0.232 e. The van der Waals surface area contributed by atoms with E-state index < -0.39 is 0 Å². The van der Waals surface area contributed by atoms with Gasteiger partial charge in [-0.15, -0.1) is 0 Å². The van der Waals surface area contributed by atoms with Gasteiger partial charge >= 0.3 is 0 Å². The monoisotopic (exact) mass is 259 g/mol. The summed E-state index contributed by atoms with van der Waals surface area (Å²) in [4.78, 5) is 20.1. The zero-order chi connectivity index (χ0) is 13.5. The van der Waals surface area contributed by atoms with Gasteiger partial charge in [0.05, 0.1) is 0 Å². The van der Waals surface area contributed by atoms with Crippen molar-refractivity contribution in [3.05, 3.63) is 36.8 Å². The maximum absolute atomic E-state index is 12.0. The second kappa shape index (κ2) is 6.92. The van der Waals surface area contributed by atoms with E-state index in [9.17, 15) is 4.79 Å². The van der Waals surface area contributed by atoms with Gasteiger partial charge in [-0.3, -0.25) is 9.69 Å². The van der Waals surface area contributed by atoms with Crippen molar-refractivity contribution < 1.29 is 4.79 Å². The second-order valence-corrected chi connectivity index (χ2v) is 4.70. The molecular weight excluding hydrogens is 238 g/mol. The van der Waals surface area contributed by atoms with Crippen LogP contribution in [0.2, 0.25) is 0 Å². The van der Waals surface area contributed by atoms with E-state index in [2.05, 4.69) is 9.88 Å². The molecule has 1 amide bonds. The molecule has 1 aromatic rings. The molecular formula is C15H21N3O. The van der Waals surface area contributed by atoms with E-state index >= 15 is 0 Å². The fraction of sp³-hybridized carbons (Fsp3) is 0.467. The maximum Gasteiger partial charge on any atom is 0.232 e. The number of carbonyl (C=O) groups is 1. The topological polar surface area (TPSA) is 36.4 Å². The molecule has 1 saturated heterocycles. The van der Waals surface area contributed by atoms with Crippen molar-refractivity contribution >= 4 is 11.7 Å². The van der Waals surface area contributed by atoms with Crippen LogP contribution in [0.25, 0.3) is 0 Å². The molecule has 2 heterocycles. The van der Waals surface area contributed by atoms with Gasteiger partial charge in [-0.05, 0) is 31.4 Å².